The minimum atomic E-state index is -0.409. The Morgan fingerprint density at radius 1 is 1.36 bits per heavy atom. The van der Waals surface area contributed by atoms with Gasteiger partial charge >= 0.3 is 0 Å². The molecule has 0 aliphatic carbocycles. The van der Waals surface area contributed by atoms with E-state index in [0.29, 0.717) is 16.4 Å². The quantitative estimate of drug-likeness (QED) is 0.857. The highest BCUT2D eigenvalue weighted by molar-refractivity contribution is 8.00. The topological polar surface area (TPSA) is 72.7 Å². The molecule has 1 atom stereocenters. The molecule has 0 radical (unpaired) electrons. The van der Waals surface area contributed by atoms with Crippen LogP contribution in [-0.4, -0.2) is 31.4 Å². The normalized spacial score (nSPS) is 12.5. The van der Waals surface area contributed by atoms with E-state index in [1.54, 1.807) is 30.7 Å². The molecule has 1 aromatic carbocycles. The summed E-state index contributed by atoms with van der Waals surface area (Å²) in [6.07, 6.45) is 0. The van der Waals surface area contributed by atoms with Crippen LogP contribution in [0.1, 0.15) is 32.4 Å². The molecule has 0 fully saturated rings. The van der Waals surface area contributed by atoms with Crippen LogP contribution in [0.25, 0.3) is 0 Å². The molecule has 1 unspecified atom stereocenters. The summed E-state index contributed by atoms with van der Waals surface area (Å²) in [4.78, 5) is 12.2. The number of carbonyl (C=O) groups is 1. The average molecular weight is 323 g/mol. The van der Waals surface area contributed by atoms with Crippen LogP contribution in [0, 0.1) is 12.7 Å². The van der Waals surface area contributed by atoms with Gasteiger partial charge in [0, 0.05) is 5.69 Å². The van der Waals surface area contributed by atoms with E-state index in [1.807, 2.05) is 13.8 Å². The van der Waals surface area contributed by atoms with Crippen LogP contribution in [0.4, 0.5) is 10.1 Å². The Kier molecular flexibility index (Phi) is 5.12. The Hall–Kier alpha value is -1.96. The Bertz CT molecular complexity index is 673. The zero-order valence-electron chi connectivity index (χ0n) is 12.9. The van der Waals surface area contributed by atoms with Crippen molar-refractivity contribution in [1.82, 2.24) is 20.2 Å². The minimum absolute atomic E-state index is 0.110. The van der Waals surface area contributed by atoms with Gasteiger partial charge in [0.15, 0.2) is 0 Å². The number of hydrogen-bond acceptors (Lipinski definition) is 5. The number of aryl methyl sites for hydroxylation is 1. The smallest absolute Gasteiger partial charge is 0.237 e. The molecule has 1 N–H and O–H groups in total. The van der Waals surface area contributed by atoms with Crippen molar-refractivity contribution in [2.45, 2.75) is 44.1 Å². The van der Waals surface area contributed by atoms with E-state index in [-0.39, 0.29) is 17.8 Å². The number of hydrogen-bond donors (Lipinski definition) is 1. The number of benzene rings is 1. The van der Waals surface area contributed by atoms with Gasteiger partial charge in [0.1, 0.15) is 5.82 Å². The number of rotatable bonds is 5. The van der Waals surface area contributed by atoms with E-state index in [2.05, 4.69) is 20.8 Å². The standard InChI is InChI=1S/C14H18FN5OS/c1-8(2)20-14(17-18-19-20)22-10(4)13(21)16-11-6-5-9(3)12(15)7-11/h5-8,10H,1-4H3,(H,16,21). The lowest BCUT2D eigenvalue weighted by molar-refractivity contribution is -0.115. The monoisotopic (exact) mass is 323 g/mol. The molecular weight excluding hydrogens is 305 g/mol. The van der Waals surface area contributed by atoms with Gasteiger partial charge in [-0.05, 0) is 55.8 Å². The molecule has 118 valence electrons. The predicted molar refractivity (Wildman–Crippen MR) is 83.3 cm³/mol. The number of anilines is 1. The van der Waals surface area contributed by atoms with Gasteiger partial charge in [0.25, 0.3) is 0 Å². The first-order valence-electron chi connectivity index (χ1n) is 6.90. The third kappa shape index (κ3) is 3.82. The van der Waals surface area contributed by atoms with Crippen LogP contribution in [0.5, 0.6) is 0 Å². The number of halogens is 1. The molecule has 0 bridgehead atoms. The number of thioether (sulfide) groups is 1. The second kappa shape index (κ2) is 6.87. The summed E-state index contributed by atoms with van der Waals surface area (Å²) < 4.78 is 15.1. The molecule has 2 aromatic rings. The van der Waals surface area contributed by atoms with Crippen molar-refractivity contribution >= 4 is 23.4 Å². The van der Waals surface area contributed by atoms with Gasteiger partial charge in [-0.3, -0.25) is 4.79 Å². The third-order valence-electron chi connectivity index (χ3n) is 3.04. The van der Waals surface area contributed by atoms with E-state index in [1.165, 1.54) is 17.8 Å². The van der Waals surface area contributed by atoms with Crippen molar-refractivity contribution < 1.29 is 9.18 Å². The molecule has 2 rings (SSSR count). The lowest BCUT2D eigenvalue weighted by Crippen LogP contribution is -2.23. The zero-order valence-corrected chi connectivity index (χ0v) is 13.7. The number of aromatic nitrogens is 4. The summed E-state index contributed by atoms with van der Waals surface area (Å²) in [6.45, 7) is 7.34. The van der Waals surface area contributed by atoms with Crippen LogP contribution < -0.4 is 5.32 Å². The summed E-state index contributed by atoms with van der Waals surface area (Å²) >= 11 is 1.26. The van der Waals surface area contributed by atoms with E-state index in [4.69, 9.17) is 0 Å². The van der Waals surface area contributed by atoms with Crippen molar-refractivity contribution in [3.05, 3.63) is 29.6 Å². The maximum absolute atomic E-state index is 13.5. The lowest BCUT2D eigenvalue weighted by Gasteiger charge is -2.13. The fourth-order valence-corrected chi connectivity index (χ4v) is 2.63. The summed E-state index contributed by atoms with van der Waals surface area (Å²) in [6, 6.07) is 4.72. The molecule has 0 saturated carbocycles. The fraction of sp³-hybridized carbons (Fsp3) is 0.429. The van der Waals surface area contributed by atoms with Crippen LogP contribution in [0.3, 0.4) is 0 Å². The molecule has 0 aliphatic rings. The highest BCUT2D eigenvalue weighted by Crippen LogP contribution is 2.23. The van der Waals surface area contributed by atoms with Crippen molar-refractivity contribution in [3.63, 3.8) is 0 Å². The average Bonchev–Trinajstić information content (AvgIpc) is 2.91. The number of nitrogens with zero attached hydrogens (tertiary/aromatic N) is 4. The van der Waals surface area contributed by atoms with Gasteiger partial charge in [0.05, 0.1) is 11.3 Å². The Morgan fingerprint density at radius 2 is 2.09 bits per heavy atom. The van der Waals surface area contributed by atoms with Crippen LogP contribution in [0.2, 0.25) is 0 Å². The first kappa shape index (κ1) is 16.4. The molecule has 1 heterocycles. The largest absolute Gasteiger partial charge is 0.325 e. The maximum atomic E-state index is 13.5. The van der Waals surface area contributed by atoms with Crippen LogP contribution >= 0.6 is 11.8 Å². The van der Waals surface area contributed by atoms with Gasteiger partial charge < -0.3 is 5.32 Å². The van der Waals surface area contributed by atoms with Crippen LogP contribution in [-0.2, 0) is 4.79 Å². The van der Waals surface area contributed by atoms with Crippen molar-refractivity contribution in [2.75, 3.05) is 5.32 Å². The van der Waals surface area contributed by atoms with Gasteiger partial charge in [0.2, 0.25) is 11.1 Å². The summed E-state index contributed by atoms with van der Waals surface area (Å²) in [5.74, 6) is -0.576. The Morgan fingerprint density at radius 3 is 2.73 bits per heavy atom. The highest BCUT2D eigenvalue weighted by atomic mass is 32.2. The number of amides is 1. The molecule has 1 amide bonds. The SMILES string of the molecule is Cc1ccc(NC(=O)C(C)Sc2nnnn2C(C)C)cc1F. The molecule has 6 nitrogen and oxygen atoms in total. The molecular formula is C14H18FN5OS. The zero-order chi connectivity index (χ0) is 16.3. The molecule has 22 heavy (non-hydrogen) atoms. The molecule has 1 aromatic heterocycles. The Balaban J connectivity index is 2.02. The summed E-state index contributed by atoms with van der Waals surface area (Å²) in [7, 11) is 0. The lowest BCUT2D eigenvalue weighted by atomic mass is 10.2. The number of nitrogens with one attached hydrogen (secondary N) is 1. The van der Waals surface area contributed by atoms with E-state index in [0.717, 1.165) is 0 Å². The first-order valence-corrected chi connectivity index (χ1v) is 7.78. The number of carbonyl (C=O) groups excluding carboxylic acids is 1. The first-order chi connectivity index (χ1) is 10.4. The van der Waals surface area contributed by atoms with Gasteiger partial charge in [-0.2, -0.15) is 0 Å². The fourth-order valence-electron chi connectivity index (χ4n) is 1.71. The molecule has 0 aliphatic heterocycles. The van der Waals surface area contributed by atoms with E-state index >= 15 is 0 Å². The van der Waals surface area contributed by atoms with E-state index in [9.17, 15) is 9.18 Å². The predicted octanol–water partition coefficient (Wildman–Crippen LogP) is 2.82. The van der Waals surface area contributed by atoms with Crippen LogP contribution in [0.15, 0.2) is 23.4 Å². The summed E-state index contributed by atoms with van der Waals surface area (Å²) in [5, 5.41) is 14.3. The van der Waals surface area contributed by atoms with Gasteiger partial charge in [-0.1, -0.05) is 17.8 Å². The second-order valence-electron chi connectivity index (χ2n) is 5.21. The number of tetrazole rings is 1. The highest BCUT2D eigenvalue weighted by Gasteiger charge is 2.19. The van der Waals surface area contributed by atoms with Gasteiger partial charge in [-0.15, -0.1) is 5.10 Å². The van der Waals surface area contributed by atoms with Crippen molar-refractivity contribution in [1.29, 1.82) is 0 Å². The molecule has 0 saturated heterocycles. The second-order valence-corrected chi connectivity index (χ2v) is 6.52. The summed E-state index contributed by atoms with van der Waals surface area (Å²) in [5.41, 5.74) is 0.973. The Labute approximate surface area is 132 Å². The van der Waals surface area contributed by atoms with Crippen molar-refractivity contribution in [2.24, 2.45) is 0 Å². The van der Waals surface area contributed by atoms with Crippen molar-refractivity contribution in [3.8, 4) is 0 Å². The molecule has 8 heteroatoms. The minimum Gasteiger partial charge on any atom is -0.325 e. The van der Waals surface area contributed by atoms with Gasteiger partial charge in [-0.25, -0.2) is 9.07 Å². The maximum Gasteiger partial charge on any atom is 0.237 e. The van der Waals surface area contributed by atoms with E-state index < -0.39 is 5.25 Å². The third-order valence-corrected chi connectivity index (χ3v) is 4.09. The molecule has 0 spiro atoms.